The average Bonchev–Trinajstić information content (AvgIpc) is 2.92. The highest BCUT2D eigenvalue weighted by molar-refractivity contribution is 5.93. The van der Waals surface area contributed by atoms with E-state index < -0.39 is 11.4 Å². The molecule has 0 spiro atoms. The zero-order valence-electron chi connectivity index (χ0n) is 14.1. The number of amides is 1. The lowest BCUT2D eigenvalue weighted by Gasteiger charge is -2.24. The third-order valence-electron chi connectivity index (χ3n) is 4.36. The number of carboxylic acids is 1. The first-order valence-corrected chi connectivity index (χ1v) is 7.68. The fourth-order valence-corrected chi connectivity index (χ4v) is 2.80. The van der Waals surface area contributed by atoms with Crippen LogP contribution in [0.2, 0.25) is 0 Å². The number of pyridine rings is 1. The van der Waals surface area contributed by atoms with Crippen molar-refractivity contribution in [1.82, 2.24) is 9.88 Å². The third-order valence-corrected chi connectivity index (χ3v) is 4.36. The van der Waals surface area contributed by atoms with Gasteiger partial charge in [0.15, 0.2) is 0 Å². The fraction of sp³-hybridized carbons (Fsp3) is 0.588. The average molecular weight is 320 g/mol. The minimum absolute atomic E-state index is 0.0286. The molecule has 23 heavy (non-hydrogen) atoms. The Morgan fingerprint density at radius 2 is 2.09 bits per heavy atom. The molecule has 0 bridgehead atoms. The van der Waals surface area contributed by atoms with Crippen LogP contribution in [0.1, 0.15) is 43.2 Å². The summed E-state index contributed by atoms with van der Waals surface area (Å²) < 4.78 is 5.04. The number of carboxylic acid groups (broad SMARTS) is 1. The molecule has 1 aromatic heterocycles. The number of carbonyl (C=O) groups is 2. The highest BCUT2D eigenvalue weighted by atomic mass is 16.5. The molecule has 6 heteroatoms. The fourth-order valence-electron chi connectivity index (χ4n) is 2.80. The van der Waals surface area contributed by atoms with Crippen LogP contribution in [0.5, 0.6) is 0 Å². The van der Waals surface area contributed by atoms with E-state index in [4.69, 9.17) is 4.74 Å². The number of hydrogen-bond acceptors (Lipinski definition) is 4. The van der Waals surface area contributed by atoms with E-state index in [2.05, 4.69) is 25.8 Å². The Bertz CT molecular complexity index is 592. The van der Waals surface area contributed by atoms with Crippen molar-refractivity contribution < 1.29 is 19.4 Å². The van der Waals surface area contributed by atoms with Crippen molar-refractivity contribution in [1.29, 1.82) is 0 Å². The number of hydrogen-bond donors (Lipinski definition) is 1. The van der Waals surface area contributed by atoms with E-state index in [-0.39, 0.29) is 24.5 Å². The maximum atomic E-state index is 12.6. The van der Waals surface area contributed by atoms with E-state index in [0.29, 0.717) is 18.7 Å². The highest BCUT2D eigenvalue weighted by Crippen LogP contribution is 2.32. The molecule has 0 radical (unpaired) electrons. The van der Waals surface area contributed by atoms with Crippen LogP contribution in [-0.4, -0.2) is 53.7 Å². The monoisotopic (exact) mass is 320 g/mol. The van der Waals surface area contributed by atoms with Crippen LogP contribution in [0, 0.1) is 5.41 Å². The van der Waals surface area contributed by atoms with Crippen molar-refractivity contribution in [3.63, 3.8) is 0 Å². The summed E-state index contributed by atoms with van der Waals surface area (Å²) in [4.78, 5) is 29.9. The maximum Gasteiger partial charge on any atom is 0.313 e. The predicted molar refractivity (Wildman–Crippen MR) is 85.4 cm³/mol. The number of carbonyl (C=O) groups excluding carboxylic acids is 1. The van der Waals surface area contributed by atoms with Gasteiger partial charge in [0.2, 0.25) is 0 Å². The van der Waals surface area contributed by atoms with E-state index in [1.165, 1.54) is 7.11 Å². The summed E-state index contributed by atoms with van der Waals surface area (Å²) in [5.41, 5.74) is 0.348. The van der Waals surface area contributed by atoms with Gasteiger partial charge in [-0.1, -0.05) is 26.8 Å². The lowest BCUT2D eigenvalue weighted by atomic mass is 9.88. The number of aromatic nitrogens is 1. The zero-order chi connectivity index (χ0) is 17.3. The van der Waals surface area contributed by atoms with Gasteiger partial charge in [-0.2, -0.15) is 0 Å². The van der Waals surface area contributed by atoms with Gasteiger partial charge in [0.25, 0.3) is 5.91 Å². The quantitative estimate of drug-likeness (QED) is 0.917. The van der Waals surface area contributed by atoms with Crippen molar-refractivity contribution in [3.05, 3.63) is 29.6 Å². The van der Waals surface area contributed by atoms with Crippen LogP contribution in [0.25, 0.3) is 0 Å². The summed E-state index contributed by atoms with van der Waals surface area (Å²) in [5, 5.41) is 9.46. The molecule has 126 valence electrons. The lowest BCUT2D eigenvalue weighted by molar-refractivity contribution is -0.151. The summed E-state index contributed by atoms with van der Waals surface area (Å²) in [6.07, 6.45) is 2.10. The Morgan fingerprint density at radius 1 is 1.39 bits per heavy atom. The molecule has 0 aromatic carbocycles. The van der Waals surface area contributed by atoms with Crippen LogP contribution in [-0.2, 0) is 14.9 Å². The Morgan fingerprint density at radius 3 is 2.57 bits per heavy atom. The molecule has 1 aliphatic rings. The second kappa shape index (κ2) is 6.28. The van der Waals surface area contributed by atoms with E-state index in [1.807, 2.05) is 6.07 Å². The van der Waals surface area contributed by atoms with Crippen LogP contribution in [0.3, 0.4) is 0 Å². The van der Waals surface area contributed by atoms with Gasteiger partial charge >= 0.3 is 5.97 Å². The molecule has 1 atom stereocenters. The van der Waals surface area contributed by atoms with Crippen molar-refractivity contribution >= 4 is 11.9 Å². The normalized spacial score (nSPS) is 21.5. The number of methoxy groups -OCH3 is 1. The van der Waals surface area contributed by atoms with Gasteiger partial charge in [-0.3, -0.25) is 14.6 Å². The van der Waals surface area contributed by atoms with Gasteiger partial charge in [0.05, 0.1) is 6.61 Å². The molecule has 1 amide bonds. The first-order chi connectivity index (χ1) is 10.7. The van der Waals surface area contributed by atoms with Crippen LogP contribution < -0.4 is 0 Å². The molecule has 1 N–H and O–H groups in total. The van der Waals surface area contributed by atoms with Crippen molar-refractivity contribution in [2.24, 2.45) is 5.41 Å². The van der Waals surface area contributed by atoms with Crippen molar-refractivity contribution in [2.45, 2.75) is 32.6 Å². The Kier molecular flexibility index (Phi) is 4.75. The first-order valence-electron chi connectivity index (χ1n) is 7.68. The molecule has 1 saturated heterocycles. The van der Waals surface area contributed by atoms with Gasteiger partial charge in [-0.05, 0) is 23.5 Å². The molecule has 6 nitrogen and oxygen atoms in total. The van der Waals surface area contributed by atoms with Gasteiger partial charge < -0.3 is 14.7 Å². The Balaban J connectivity index is 2.14. The zero-order valence-corrected chi connectivity index (χ0v) is 14.1. The SMILES string of the molecule is COCC1(C(=O)O)CCN(C(=O)c2ccc(C(C)(C)C)cn2)C1. The second-order valence-electron chi connectivity index (χ2n) is 7.18. The summed E-state index contributed by atoms with van der Waals surface area (Å²) in [5.74, 6) is -1.16. The molecule has 0 saturated carbocycles. The molecule has 0 aliphatic carbocycles. The summed E-state index contributed by atoms with van der Waals surface area (Å²) in [6, 6.07) is 3.61. The molecule has 2 heterocycles. The summed E-state index contributed by atoms with van der Waals surface area (Å²) in [6.45, 7) is 6.89. The standard InChI is InChI=1S/C17H24N2O4/c1-16(2,3)12-5-6-13(18-9-12)14(20)19-8-7-17(10-19,11-23-4)15(21)22/h5-6,9H,7-8,10-11H2,1-4H3,(H,21,22). The molecule has 1 unspecified atom stereocenters. The number of nitrogens with zero attached hydrogens (tertiary/aromatic N) is 2. The second-order valence-corrected chi connectivity index (χ2v) is 7.18. The Labute approximate surface area is 136 Å². The minimum Gasteiger partial charge on any atom is -0.481 e. The molecular formula is C17H24N2O4. The van der Waals surface area contributed by atoms with Gasteiger partial charge in [0, 0.05) is 26.4 Å². The highest BCUT2D eigenvalue weighted by Gasteiger charge is 2.46. The third kappa shape index (κ3) is 3.52. The molecule has 1 aliphatic heterocycles. The molecule has 2 rings (SSSR count). The number of rotatable bonds is 4. The maximum absolute atomic E-state index is 12.6. The largest absolute Gasteiger partial charge is 0.481 e. The Hall–Kier alpha value is -1.95. The van der Waals surface area contributed by atoms with Crippen LogP contribution in [0.15, 0.2) is 18.3 Å². The molecular weight excluding hydrogens is 296 g/mol. The van der Waals surface area contributed by atoms with Crippen molar-refractivity contribution in [3.8, 4) is 0 Å². The number of likely N-dealkylation sites (tertiary alicyclic amines) is 1. The number of ether oxygens (including phenoxy) is 1. The molecule has 1 aromatic rings. The predicted octanol–water partition coefficient (Wildman–Crippen LogP) is 1.94. The molecule has 1 fully saturated rings. The summed E-state index contributed by atoms with van der Waals surface area (Å²) >= 11 is 0. The van der Waals surface area contributed by atoms with E-state index in [1.54, 1.807) is 17.2 Å². The minimum atomic E-state index is -1.02. The van der Waals surface area contributed by atoms with E-state index in [0.717, 1.165) is 5.56 Å². The van der Waals surface area contributed by atoms with Crippen LogP contribution in [0.4, 0.5) is 0 Å². The van der Waals surface area contributed by atoms with Crippen LogP contribution >= 0.6 is 0 Å². The number of aliphatic carboxylic acids is 1. The van der Waals surface area contributed by atoms with Gasteiger partial charge in [0.1, 0.15) is 11.1 Å². The smallest absolute Gasteiger partial charge is 0.313 e. The first kappa shape index (κ1) is 17.4. The van der Waals surface area contributed by atoms with Gasteiger partial charge in [-0.25, -0.2) is 0 Å². The lowest BCUT2D eigenvalue weighted by Crippen LogP contribution is -2.40. The summed E-state index contributed by atoms with van der Waals surface area (Å²) in [7, 11) is 1.47. The van der Waals surface area contributed by atoms with Crippen molar-refractivity contribution in [2.75, 3.05) is 26.8 Å². The topological polar surface area (TPSA) is 79.7 Å². The van der Waals surface area contributed by atoms with Gasteiger partial charge in [-0.15, -0.1) is 0 Å². The van der Waals surface area contributed by atoms with E-state index >= 15 is 0 Å². The van der Waals surface area contributed by atoms with E-state index in [9.17, 15) is 14.7 Å².